The molecule has 0 fully saturated rings. The van der Waals surface area contributed by atoms with Crippen LogP contribution in [0.15, 0.2) is 36.4 Å². The van der Waals surface area contributed by atoms with Gasteiger partial charge in [0.1, 0.15) is 0 Å². The zero-order chi connectivity index (χ0) is 16.6. The molecule has 0 amide bonds. The van der Waals surface area contributed by atoms with Gasteiger partial charge >= 0.3 is 5.97 Å². The third-order valence-corrected chi connectivity index (χ3v) is 4.06. The molecule has 0 aliphatic rings. The van der Waals surface area contributed by atoms with Crippen molar-refractivity contribution in [2.75, 3.05) is 6.54 Å². The smallest absolute Gasteiger partial charge is 0.335 e. The fourth-order valence-electron chi connectivity index (χ4n) is 3.15. The lowest BCUT2D eigenvalue weighted by Crippen LogP contribution is -2.03. The Morgan fingerprint density at radius 3 is 2.43 bits per heavy atom. The molecule has 118 valence electrons. The lowest BCUT2D eigenvalue weighted by Gasteiger charge is -2.07. The van der Waals surface area contributed by atoms with Crippen molar-refractivity contribution in [2.45, 2.75) is 20.3 Å². The predicted molar refractivity (Wildman–Crippen MR) is 92.9 cm³/mol. The number of nitrogens with two attached hydrogens (primary N) is 1. The second kappa shape index (κ2) is 5.89. The van der Waals surface area contributed by atoms with E-state index in [1.807, 2.05) is 6.07 Å². The monoisotopic (exact) mass is 308 g/mol. The molecule has 3 rings (SSSR count). The maximum atomic E-state index is 11.2. The minimum atomic E-state index is -0.917. The highest BCUT2D eigenvalue weighted by Gasteiger charge is 2.15. The predicted octanol–water partition coefficient (Wildman–Crippen LogP) is 3.65. The minimum absolute atomic E-state index is 0.293. The molecule has 0 radical (unpaired) electrons. The number of carbonyl (C=O) groups is 1. The summed E-state index contributed by atoms with van der Waals surface area (Å²) in [5.41, 5.74) is 12.6. The molecule has 0 aliphatic carbocycles. The molecule has 0 saturated heterocycles. The van der Waals surface area contributed by atoms with Crippen molar-refractivity contribution in [3.8, 4) is 11.3 Å². The van der Waals surface area contributed by atoms with Gasteiger partial charge in [0.15, 0.2) is 0 Å². The summed E-state index contributed by atoms with van der Waals surface area (Å²) >= 11 is 0. The van der Waals surface area contributed by atoms with Crippen molar-refractivity contribution >= 4 is 16.9 Å². The molecule has 2 aromatic carbocycles. The number of H-pyrrole nitrogens is 1. The molecule has 1 aromatic heterocycles. The highest BCUT2D eigenvalue weighted by atomic mass is 16.4. The first-order valence-electron chi connectivity index (χ1n) is 7.66. The zero-order valence-electron chi connectivity index (χ0n) is 13.3. The molecule has 4 nitrogen and oxygen atoms in total. The van der Waals surface area contributed by atoms with E-state index in [9.17, 15) is 9.90 Å². The molecule has 4 N–H and O–H groups in total. The van der Waals surface area contributed by atoms with Crippen molar-refractivity contribution in [3.63, 3.8) is 0 Å². The molecule has 0 unspecified atom stereocenters. The Morgan fingerprint density at radius 2 is 1.83 bits per heavy atom. The van der Waals surface area contributed by atoms with Crippen molar-refractivity contribution in [1.29, 1.82) is 0 Å². The van der Waals surface area contributed by atoms with Crippen LogP contribution in [0.5, 0.6) is 0 Å². The summed E-state index contributed by atoms with van der Waals surface area (Å²) in [5, 5.41) is 10.2. The van der Waals surface area contributed by atoms with Crippen LogP contribution in [-0.4, -0.2) is 22.6 Å². The van der Waals surface area contributed by atoms with Crippen LogP contribution in [0.25, 0.3) is 22.2 Å². The first kappa shape index (κ1) is 15.3. The van der Waals surface area contributed by atoms with Gasteiger partial charge in [-0.3, -0.25) is 0 Å². The Morgan fingerprint density at radius 1 is 1.13 bits per heavy atom. The minimum Gasteiger partial charge on any atom is -0.478 e. The lowest BCUT2D eigenvalue weighted by molar-refractivity contribution is 0.0697. The van der Waals surface area contributed by atoms with Crippen LogP contribution in [0.4, 0.5) is 0 Å². The lowest BCUT2D eigenvalue weighted by atomic mass is 9.99. The van der Waals surface area contributed by atoms with Gasteiger partial charge in [-0.25, -0.2) is 4.79 Å². The van der Waals surface area contributed by atoms with Crippen LogP contribution in [0.1, 0.15) is 27.0 Å². The van der Waals surface area contributed by atoms with Gasteiger partial charge in [0.25, 0.3) is 0 Å². The highest BCUT2D eigenvalue weighted by Crippen LogP contribution is 2.32. The summed E-state index contributed by atoms with van der Waals surface area (Å²) < 4.78 is 0. The summed E-state index contributed by atoms with van der Waals surface area (Å²) in [6.45, 7) is 4.66. The molecule has 0 bridgehead atoms. The van der Waals surface area contributed by atoms with Gasteiger partial charge < -0.3 is 15.8 Å². The Balaban J connectivity index is 2.27. The Bertz CT molecular complexity index is 874. The van der Waals surface area contributed by atoms with Gasteiger partial charge in [0.2, 0.25) is 0 Å². The Labute approximate surface area is 134 Å². The van der Waals surface area contributed by atoms with E-state index in [0.717, 1.165) is 27.7 Å². The van der Waals surface area contributed by atoms with E-state index in [-0.39, 0.29) is 0 Å². The maximum absolute atomic E-state index is 11.2. The molecule has 4 heteroatoms. The van der Waals surface area contributed by atoms with Gasteiger partial charge in [0, 0.05) is 16.6 Å². The van der Waals surface area contributed by atoms with Crippen LogP contribution in [0.3, 0.4) is 0 Å². The number of aryl methyl sites for hydroxylation is 2. The highest BCUT2D eigenvalue weighted by molar-refractivity contribution is 5.97. The topological polar surface area (TPSA) is 79.1 Å². The third kappa shape index (κ3) is 2.85. The first-order chi connectivity index (χ1) is 11.0. The number of carboxylic acid groups (broad SMARTS) is 1. The maximum Gasteiger partial charge on any atom is 0.335 e. The number of carboxylic acids is 1. The second-order valence-corrected chi connectivity index (χ2v) is 5.96. The number of fused-ring (bicyclic) bond motifs is 1. The van der Waals surface area contributed by atoms with Crippen molar-refractivity contribution in [1.82, 2.24) is 4.98 Å². The molecular formula is C19H20N2O2. The Hall–Kier alpha value is -2.59. The van der Waals surface area contributed by atoms with Gasteiger partial charge in [-0.05, 0) is 68.3 Å². The summed E-state index contributed by atoms with van der Waals surface area (Å²) in [5.74, 6) is -0.917. The molecule has 0 aliphatic heterocycles. The van der Waals surface area contributed by atoms with E-state index in [2.05, 4.69) is 37.0 Å². The van der Waals surface area contributed by atoms with Gasteiger partial charge in [-0.2, -0.15) is 0 Å². The van der Waals surface area contributed by atoms with Crippen molar-refractivity contribution < 1.29 is 9.90 Å². The van der Waals surface area contributed by atoms with Gasteiger partial charge in [0.05, 0.1) is 5.56 Å². The molecular weight excluding hydrogens is 288 g/mol. The van der Waals surface area contributed by atoms with E-state index in [4.69, 9.17) is 5.73 Å². The van der Waals surface area contributed by atoms with Gasteiger partial charge in [-0.15, -0.1) is 0 Å². The zero-order valence-corrected chi connectivity index (χ0v) is 13.3. The average Bonchev–Trinajstić information content (AvgIpc) is 2.85. The fourth-order valence-corrected chi connectivity index (χ4v) is 3.15. The normalized spacial score (nSPS) is 11.1. The van der Waals surface area contributed by atoms with Crippen LogP contribution in [-0.2, 0) is 6.42 Å². The summed E-state index contributed by atoms with van der Waals surface area (Å²) in [6, 6.07) is 11.6. The van der Waals surface area contributed by atoms with E-state index >= 15 is 0 Å². The third-order valence-electron chi connectivity index (χ3n) is 4.06. The van der Waals surface area contributed by atoms with Crippen LogP contribution in [0, 0.1) is 13.8 Å². The van der Waals surface area contributed by atoms with Crippen molar-refractivity contribution in [3.05, 3.63) is 58.7 Å². The van der Waals surface area contributed by atoms with Gasteiger partial charge in [-0.1, -0.05) is 17.2 Å². The number of nitrogens with one attached hydrogen (secondary N) is 1. The number of hydrogen-bond acceptors (Lipinski definition) is 2. The molecule has 23 heavy (non-hydrogen) atoms. The first-order valence-corrected chi connectivity index (χ1v) is 7.66. The molecule has 0 saturated carbocycles. The van der Waals surface area contributed by atoms with E-state index < -0.39 is 5.97 Å². The van der Waals surface area contributed by atoms with E-state index in [1.54, 1.807) is 12.1 Å². The number of aromatic carboxylic acids is 1. The number of aromatic amines is 1. The quantitative estimate of drug-likeness (QED) is 0.688. The van der Waals surface area contributed by atoms with Crippen LogP contribution in [0.2, 0.25) is 0 Å². The van der Waals surface area contributed by atoms with Crippen LogP contribution >= 0.6 is 0 Å². The summed E-state index contributed by atoms with van der Waals surface area (Å²) in [4.78, 5) is 14.7. The molecule has 3 aromatic rings. The fraction of sp³-hybridized carbons (Fsp3) is 0.211. The summed E-state index contributed by atoms with van der Waals surface area (Å²) in [6.07, 6.45) is 0.700. The average molecular weight is 308 g/mol. The van der Waals surface area contributed by atoms with Crippen LogP contribution < -0.4 is 5.73 Å². The Kier molecular flexibility index (Phi) is 3.92. The standard InChI is InChI=1S/C19H20N2O2/c1-11-7-12(2)9-14(8-11)18-15(5-6-20)16-10-13(19(22)23)3-4-17(16)21-18/h3-4,7-10,21H,5-6,20H2,1-2H3,(H,22,23). The molecule has 0 atom stereocenters. The summed E-state index contributed by atoms with van der Waals surface area (Å²) in [7, 11) is 0. The second-order valence-electron chi connectivity index (χ2n) is 5.96. The number of aromatic nitrogens is 1. The van der Waals surface area contributed by atoms with E-state index in [1.165, 1.54) is 11.1 Å². The molecule has 0 spiro atoms. The van der Waals surface area contributed by atoms with E-state index in [0.29, 0.717) is 18.5 Å². The number of hydrogen-bond donors (Lipinski definition) is 3. The largest absolute Gasteiger partial charge is 0.478 e. The van der Waals surface area contributed by atoms with Crippen molar-refractivity contribution in [2.24, 2.45) is 5.73 Å². The number of benzene rings is 2. The number of rotatable bonds is 4. The SMILES string of the molecule is Cc1cc(C)cc(-c2[nH]c3ccc(C(=O)O)cc3c2CCN)c1. The molecule has 1 heterocycles.